The highest BCUT2D eigenvalue weighted by atomic mass is 79.9. The fourth-order valence-corrected chi connectivity index (χ4v) is 1.81. The van der Waals surface area contributed by atoms with Crippen molar-refractivity contribution in [3.8, 4) is 0 Å². The molecule has 78 valence electrons. The molecule has 5 heteroatoms. The number of aromatic nitrogens is 2. The van der Waals surface area contributed by atoms with Crippen molar-refractivity contribution in [2.45, 2.75) is 6.42 Å². The van der Waals surface area contributed by atoms with Gasteiger partial charge in [0.1, 0.15) is 5.82 Å². The smallest absolute Gasteiger partial charge is 0.279 e. The summed E-state index contributed by atoms with van der Waals surface area (Å²) in [6.45, 7) is 0. The predicted molar refractivity (Wildman–Crippen MR) is 63.7 cm³/mol. The zero-order chi connectivity index (χ0) is 10.8. The van der Waals surface area contributed by atoms with Crippen LogP contribution in [-0.4, -0.2) is 15.0 Å². The molecule has 0 bridgehead atoms. The third-order valence-corrected chi connectivity index (χ3v) is 2.60. The van der Waals surface area contributed by atoms with Gasteiger partial charge < -0.3 is 5.84 Å². The van der Waals surface area contributed by atoms with Crippen LogP contribution < -0.4 is 11.4 Å². The largest absolute Gasteiger partial charge is 0.335 e. The SMILES string of the molecule is Nn1c(CCBr)nc2ccccc2c1=O. The van der Waals surface area contributed by atoms with E-state index in [9.17, 15) is 4.79 Å². The van der Waals surface area contributed by atoms with Crippen LogP contribution in [0.1, 0.15) is 5.82 Å². The average Bonchev–Trinajstić information content (AvgIpc) is 2.26. The Morgan fingerprint density at radius 2 is 2.13 bits per heavy atom. The van der Waals surface area contributed by atoms with Crippen molar-refractivity contribution in [2.75, 3.05) is 11.2 Å². The van der Waals surface area contributed by atoms with Gasteiger partial charge >= 0.3 is 0 Å². The number of para-hydroxylation sites is 1. The lowest BCUT2D eigenvalue weighted by molar-refractivity contribution is 0.805. The summed E-state index contributed by atoms with van der Waals surface area (Å²) in [7, 11) is 0. The van der Waals surface area contributed by atoms with E-state index in [1.165, 1.54) is 0 Å². The Bertz CT molecular complexity index is 550. The number of alkyl halides is 1. The van der Waals surface area contributed by atoms with E-state index in [0.29, 0.717) is 23.1 Å². The average molecular weight is 268 g/mol. The van der Waals surface area contributed by atoms with Crippen molar-refractivity contribution in [1.82, 2.24) is 9.66 Å². The Balaban J connectivity index is 2.77. The number of rotatable bonds is 2. The number of aryl methyl sites for hydroxylation is 1. The molecular formula is C10H10BrN3O. The van der Waals surface area contributed by atoms with E-state index in [4.69, 9.17) is 5.84 Å². The van der Waals surface area contributed by atoms with E-state index in [2.05, 4.69) is 20.9 Å². The standard InChI is InChI=1S/C10H10BrN3O/c11-6-5-9-13-8-4-2-1-3-7(8)10(15)14(9)12/h1-4H,5-6,12H2. The zero-order valence-electron chi connectivity index (χ0n) is 7.98. The van der Waals surface area contributed by atoms with E-state index < -0.39 is 0 Å². The molecule has 1 aromatic carbocycles. The van der Waals surface area contributed by atoms with Crippen LogP contribution in [-0.2, 0) is 6.42 Å². The predicted octanol–water partition coefficient (Wildman–Crippen LogP) is 1.05. The molecule has 2 rings (SSSR count). The van der Waals surface area contributed by atoms with E-state index in [-0.39, 0.29) is 5.56 Å². The van der Waals surface area contributed by atoms with Crippen molar-refractivity contribution < 1.29 is 0 Å². The van der Waals surface area contributed by atoms with Gasteiger partial charge in [-0.15, -0.1) is 0 Å². The Morgan fingerprint density at radius 3 is 2.87 bits per heavy atom. The molecule has 2 aromatic rings. The second-order valence-corrected chi connectivity index (χ2v) is 3.95. The molecule has 0 saturated carbocycles. The lowest BCUT2D eigenvalue weighted by Crippen LogP contribution is -2.31. The molecule has 0 aliphatic carbocycles. The quantitative estimate of drug-likeness (QED) is 0.654. The summed E-state index contributed by atoms with van der Waals surface area (Å²) >= 11 is 3.30. The van der Waals surface area contributed by atoms with Gasteiger partial charge in [0.15, 0.2) is 0 Å². The maximum atomic E-state index is 11.8. The number of nitrogen functional groups attached to an aromatic ring is 1. The normalized spacial score (nSPS) is 10.7. The molecule has 0 atom stereocenters. The maximum absolute atomic E-state index is 11.8. The van der Waals surface area contributed by atoms with Gasteiger partial charge in [-0.3, -0.25) is 4.79 Å². The van der Waals surface area contributed by atoms with Gasteiger partial charge in [-0.2, -0.15) is 0 Å². The molecule has 0 fully saturated rings. The minimum absolute atomic E-state index is 0.198. The van der Waals surface area contributed by atoms with Crippen LogP contribution in [0.3, 0.4) is 0 Å². The summed E-state index contributed by atoms with van der Waals surface area (Å²) in [5, 5.41) is 1.29. The summed E-state index contributed by atoms with van der Waals surface area (Å²) in [5.41, 5.74) is 0.497. The molecule has 0 aliphatic heterocycles. The Kier molecular flexibility index (Phi) is 2.73. The molecule has 15 heavy (non-hydrogen) atoms. The van der Waals surface area contributed by atoms with Crippen molar-refractivity contribution in [1.29, 1.82) is 0 Å². The van der Waals surface area contributed by atoms with Crippen molar-refractivity contribution in [3.63, 3.8) is 0 Å². The number of benzene rings is 1. The van der Waals surface area contributed by atoms with Crippen molar-refractivity contribution in [3.05, 3.63) is 40.4 Å². The molecule has 4 nitrogen and oxygen atoms in total. The zero-order valence-corrected chi connectivity index (χ0v) is 9.57. The van der Waals surface area contributed by atoms with Crippen LogP contribution in [0.2, 0.25) is 0 Å². The van der Waals surface area contributed by atoms with E-state index >= 15 is 0 Å². The highest BCUT2D eigenvalue weighted by molar-refractivity contribution is 9.09. The van der Waals surface area contributed by atoms with Gasteiger partial charge in [0.25, 0.3) is 5.56 Å². The first-order chi connectivity index (χ1) is 7.24. The van der Waals surface area contributed by atoms with Gasteiger partial charge in [0.2, 0.25) is 0 Å². The monoisotopic (exact) mass is 267 g/mol. The highest BCUT2D eigenvalue weighted by Gasteiger charge is 2.06. The lowest BCUT2D eigenvalue weighted by Gasteiger charge is -2.06. The molecule has 2 N–H and O–H groups in total. The number of halogens is 1. The molecule has 0 saturated heterocycles. The lowest BCUT2D eigenvalue weighted by atomic mass is 10.2. The van der Waals surface area contributed by atoms with Gasteiger partial charge in [0, 0.05) is 11.8 Å². The van der Waals surface area contributed by atoms with Gasteiger partial charge in [-0.25, -0.2) is 9.66 Å². The van der Waals surface area contributed by atoms with Crippen LogP contribution in [0.15, 0.2) is 29.1 Å². The molecule has 0 spiro atoms. The van der Waals surface area contributed by atoms with E-state index in [0.717, 1.165) is 10.0 Å². The maximum Gasteiger partial charge on any atom is 0.279 e. The Labute approximate surface area is 94.8 Å². The van der Waals surface area contributed by atoms with E-state index in [1.54, 1.807) is 12.1 Å². The van der Waals surface area contributed by atoms with Crippen LogP contribution >= 0.6 is 15.9 Å². The third-order valence-electron chi connectivity index (χ3n) is 2.20. The second-order valence-electron chi connectivity index (χ2n) is 3.16. The molecule has 0 amide bonds. The molecular weight excluding hydrogens is 258 g/mol. The minimum atomic E-state index is -0.198. The number of nitrogens with two attached hydrogens (primary N) is 1. The van der Waals surface area contributed by atoms with Gasteiger partial charge in [-0.1, -0.05) is 28.1 Å². The number of fused-ring (bicyclic) bond motifs is 1. The van der Waals surface area contributed by atoms with E-state index in [1.807, 2.05) is 12.1 Å². The summed E-state index contributed by atoms with van der Waals surface area (Å²) in [5.74, 6) is 6.25. The van der Waals surface area contributed by atoms with Crippen LogP contribution in [0.25, 0.3) is 10.9 Å². The summed E-state index contributed by atoms with van der Waals surface area (Å²) in [4.78, 5) is 16.1. The van der Waals surface area contributed by atoms with Crippen LogP contribution in [0.5, 0.6) is 0 Å². The molecule has 1 aromatic heterocycles. The molecule has 0 radical (unpaired) electrons. The Morgan fingerprint density at radius 1 is 1.40 bits per heavy atom. The third kappa shape index (κ3) is 1.74. The minimum Gasteiger partial charge on any atom is -0.335 e. The van der Waals surface area contributed by atoms with Crippen molar-refractivity contribution in [2.24, 2.45) is 0 Å². The van der Waals surface area contributed by atoms with Crippen LogP contribution in [0, 0.1) is 0 Å². The highest BCUT2D eigenvalue weighted by Crippen LogP contribution is 2.07. The number of hydrogen-bond acceptors (Lipinski definition) is 3. The number of hydrogen-bond donors (Lipinski definition) is 1. The summed E-state index contributed by atoms with van der Waals surface area (Å²) < 4.78 is 1.11. The fourth-order valence-electron chi connectivity index (χ4n) is 1.45. The molecule has 0 aliphatic rings. The first kappa shape index (κ1) is 10.2. The molecule has 1 heterocycles. The first-order valence-corrected chi connectivity index (χ1v) is 5.68. The number of nitrogens with zero attached hydrogens (tertiary/aromatic N) is 2. The van der Waals surface area contributed by atoms with Gasteiger partial charge in [-0.05, 0) is 12.1 Å². The fraction of sp³-hybridized carbons (Fsp3) is 0.200. The second kappa shape index (κ2) is 4.02. The first-order valence-electron chi connectivity index (χ1n) is 4.55. The summed E-state index contributed by atoms with van der Waals surface area (Å²) in [6.07, 6.45) is 0.635. The van der Waals surface area contributed by atoms with Gasteiger partial charge in [0.05, 0.1) is 10.9 Å². The Hall–Kier alpha value is -1.36. The van der Waals surface area contributed by atoms with Crippen molar-refractivity contribution >= 4 is 26.8 Å². The van der Waals surface area contributed by atoms with Crippen LogP contribution in [0.4, 0.5) is 0 Å². The topological polar surface area (TPSA) is 60.9 Å². The molecule has 0 unspecified atom stereocenters. The summed E-state index contributed by atoms with van der Waals surface area (Å²) in [6, 6.07) is 7.20.